The van der Waals surface area contributed by atoms with Crippen molar-refractivity contribution in [1.29, 1.82) is 0 Å². The molecule has 70 heavy (non-hydrogen) atoms. The summed E-state index contributed by atoms with van der Waals surface area (Å²) >= 11 is 0. The SMILES string of the molecule is CN1CCN(C)C(C)(c2ccc(Cc3nc(-c4c(F)cccc4F)nc4c3C(=O)NC4)cc2)C1=O.CN1CCN(C)[C@](C)(c2ccc(Cc3nc(-c4c(F)cccc4F)nc4c3C(=O)NC4)cc2)C1=O. The maximum Gasteiger partial charge on any atom is 0.255 e. The highest BCUT2D eigenvalue weighted by Crippen LogP contribution is 2.35. The Hall–Kier alpha value is -7.44. The number of nitrogens with zero attached hydrogens (tertiary/aromatic N) is 8. The van der Waals surface area contributed by atoms with Gasteiger partial charge in [0.2, 0.25) is 11.8 Å². The van der Waals surface area contributed by atoms with Crippen LogP contribution in [0.3, 0.4) is 0 Å². The number of carbonyl (C=O) groups excluding carboxylic acids is 4. The van der Waals surface area contributed by atoms with Gasteiger partial charge in [0, 0.05) is 53.1 Å². The van der Waals surface area contributed by atoms with Gasteiger partial charge in [-0.2, -0.15) is 0 Å². The number of fused-ring (bicyclic) bond motifs is 2. The first-order valence-electron chi connectivity index (χ1n) is 22.8. The fourth-order valence-corrected chi connectivity index (χ4v) is 9.59. The smallest absolute Gasteiger partial charge is 0.255 e. The molecule has 6 aromatic rings. The summed E-state index contributed by atoms with van der Waals surface area (Å²) in [6.07, 6.45) is 0.532. The second kappa shape index (κ2) is 18.5. The van der Waals surface area contributed by atoms with Gasteiger partial charge in [-0.05, 0) is 74.5 Å². The van der Waals surface area contributed by atoms with Crippen LogP contribution in [0.4, 0.5) is 17.6 Å². The van der Waals surface area contributed by atoms with Crippen molar-refractivity contribution in [2.24, 2.45) is 0 Å². The Morgan fingerprint density at radius 1 is 0.486 bits per heavy atom. The van der Waals surface area contributed by atoms with Gasteiger partial charge in [0.15, 0.2) is 11.6 Å². The lowest BCUT2D eigenvalue weighted by molar-refractivity contribution is -0.148. The number of carbonyl (C=O) groups is 4. The number of halogens is 4. The molecular formula is C52H50F4N10O4. The van der Waals surface area contributed by atoms with Gasteiger partial charge >= 0.3 is 0 Å². The van der Waals surface area contributed by atoms with Crippen LogP contribution in [0.15, 0.2) is 84.9 Å². The lowest BCUT2D eigenvalue weighted by Gasteiger charge is -2.45. The molecule has 0 bridgehead atoms. The summed E-state index contributed by atoms with van der Waals surface area (Å²) in [6.45, 7) is 7.05. The van der Waals surface area contributed by atoms with Crippen LogP contribution < -0.4 is 10.6 Å². The van der Waals surface area contributed by atoms with Crippen LogP contribution in [0.5, 0.6) is 0 Å². The summed E-state index contributed by atoms with van der Waals surface area (Å²) in [5.41, 5.74) is 3.52. The number of aromatic nitrogens is 4. The lowest BCUT2D eigenvalue weighted by Crippen LogP contribution is -2.60. The van der Waals surface area contributed by atoms with E-state index in [-0.39, 0.29) is 72.3 Å². The first-order valence-corrected chi connectivity index (χ1v) is 22.8. The van der Waals surface area contributed by atoms with Gasteiger partial charge in [0.05, 0.1) is 58.1 Å². The summed E-state index contributed by atoms with van der Waals surface area (Å²) in [6, 6.07) is 22.3. The average Bonchev–Trinajstić information content (AvgIpc) is 3.92. The third-order valence-electron chi connectivity index (χ3n) is 14.1. The third-order valence-corrected chi connectivity index (χ3v) is 14.1. The van der Waals surface area contributed by atoms with E-state index >= 15 is 0 Å². The molecule has 4 aromatic carbocycles. The Morgan fingerprint density at radius 2 is 0.829 bits per heavy atom. The second-order valence-electron chi connectivity index (χ2n) is 18.4. The van der Waals surface area contributed by atoms with Crippen LogP contribution in [0, 0.1) is 23.3 Å². The molecule has 4 amide bonds. The molecule has 1 unspecified atom stereocenters. The summed E-state index contributed by atoms with van der Waals surface area (Å²) in [5, 5.41) is 5.43. The summed E-state index contributed by atoms with van der Waals surface area (Å²) < 4.78 is 57.7. The second-order valence-corrected chi connectivity index (χ2v) is 18.4. The largest absolute Gasteiger partial charge is 0.346 e. The molecule has 0 spiro atoms. The van der Waals surface area contributed by atoms with Crippen molar-refractivity contribution in [1.82, 2.24) is 50.2 Å². The minimum Gasteiger partial charge on any atom is -0.346 e. The lowest BCUT2D eigenvalue weighted by atomic mass is 9.86. The van der Waals surface area contributed by atoms with Gasteiger partial charge < -0.3 is 20.4 Å². The van der Waals surface area contributed by atoms with E-state index in [4.69, 9.17) is 0 Å². The van der Waals surface area contributed by atoms with Crippen molar-refractivity contribution in [2.75, 3.05) is 54.4 Å². The van der Waals surface area contributed by atoms with Crippen LogP contribution >= 0.6 is 0 Å². The summed E-state index contributed by atoms with van der Waals surface area (Å²) in [7, 11) is 7.48. The Balaban J connectivity index is 0.000000174. The van der Waals surface area contributed by atoms with E-state index in [1.165, 1.54) is 12.1 Å². The number of hydrogen-bond donors (Lipinski definition) is 2. The van der Waals surface area contributed by atoms with E-state index in [0.717, 1.165) is 59.6 Å². The predicted octanol–water partition coefficient (Wildman–Crippen LogP) is 5.75. The van der Waals surface area contributed by atoms with E-state index in [1.807, 2.05) is 86.3 Å². The van der Waals surface area contributed by atoms with E-state index in [1.54, 1.807) is 23.9 Å². The van der Waals surface area contributed by atoms with E-state index in [2.05, 4.69) is 30.6 Å². The highest BCUT2D eigenvalue weighted by molar-refractivity contribution is 6.00. The highest BCUT2D eigenvalue weighted by Gasteiger charge is 2.45. The van der Waals surface area contributed by atoms with Crippen LogP contribution in [-0.4, -0.2) is 118 Å². The molecular weight excluding hydrogens is 905 g/mol. The zero-order valence-corrected chi connectivity index (χ0v) is 39.5. The molecule has 2 saturated heterocycles. The topological polar surface area (TPSA) is 157 Å². The van der Waals surface area contributed by atoms with E-state index in [0.29, 0.717) is 47.0 Å². The van der Waals surface area contributed by atoms with Gasteiger partial charge in [0.25, 0.3) is 11.8 Å². The maximum absolute atomic E-state index is 14.4. The number of benzene rings is 4. The average molecular weight is 955 g/mol. The van der Waals surface area contributed by atoms with Crippen LogP contribution in [-0.2, 0) is 46.6 Å². The van der Waals surface area contributed by atoms with Crippen molar-refractivity contribution in [3.05, 3.63) is 164 Å². The fourth-order valence-electron chi connectivity index (χ4n) is 9.59. The van der Waals surface area contributed by atoms with Crippen molar-refractivity contribution >= 4 is 23.6 Å². The molecule has 2 atom stereocenters. The minimum absolute atomic E-state index is 0.0286. The molecule has 2 fully saturated rings. The quantitative estimate of drug-likeness (QED) is 0.180. The monoisotopic (exact) mass is 954 g/mol. The van der Waals surface area contributed by atoms with Crippen LogP contribution in [0.25, 0.3) is 22.8 Å². The maximum atomic E-state index is 14.4. The summed E-state index contributed by atoms with van der Waals surface area (Å²) in [4.78, 5) is 75.9. The molecule has 6 heterocycles. The van der Waals surface area contributed by atoms with Gasteiger partial charge in [-0.15, -0.1) is 0 Å². The number of likely N-dealkylation sites (N-methyl/N-ethyl adjacent to an activating group) is 4. The van der Waals surface area contributed by atoms with Crippen molar-refractivity contribution in [3.8, 4) is 22.8 Å². The molecule has 2 N–H and O–H groups in total. The number of piperazine rings is 2. The number of rotatable bonds is 8. The standard InChI is InChI=1S/2C26H25F2N5O2/c2*1-26(25(35)32(2)11-12-33(26)3)16-9-7-15(8-10-16)13-19-22-20(14-29-24(22)34)31-23(30-19)21-17(27)5-4-6-18(21)28/h2*4-10H,11-14H2,1-3H3,(H,29,34)/t26-;/m1./s1. The van der Waals surface area contributed by atoms with Gasteiger partial charge in [0.1, 0.15) is 34.3 Å². The number of amides is 4. The first kappa shape index (κ1) is 47.6. The number of nitrogens with one attached hydrogen (secondary N) is 2. The molecule has 14 nitrogen and oxygen atoms in total. The van der Waals surface area contributed by atoms with E-state index < -0.39 is 34.3 Å². The Kier molecular flexibility index (Phi) is 12.6. The zero-order valence-electron chi connectivity index (χ0n) is 39.5. The Bertz CT molecular complexity index is 2850. The van der Waals surface area contributed by atoms with Gasteiger partial charge in [-0.1, -0.05) is 60.7 Å². The molecule has 10 rings (SSSR count). The van der Waals surface area contributed by atoms with E-state index in [9.17, 15) is 36.7 Å². The van der Waals surface area contributed by atoms with Crippen molar-refractivity contribution in [2.45, 2.75) is 50.9 Å². The third kappa shape index (κ3) is 8.33. The minimum atomic E-state index is -0.781. The molecule has 0 aliphatic carbocycles. The molecule has 2 aromatic heterocycles. The zero-order chi connectivity index (χ0) is 49.8. The first-order chi connectivity index (χ1) is 33.4. The van der Waals surface area contributed by atoms with Crippen molar-refractivity contribution < 1.29 is 36.7 Å². The molecule has 0 saturated carbocycles. The summed E-state index contributed by atoms with van der Waals surface area (Å²) in [5.74, 6) is -3.81. The molecule has 0 radical (unpaired) electrons. The van der Waals surface area contributed by atoms with Crippen LogP contribution in [0.1, 0.15) is 79.6 Å². The molecule has 360 valence electrons. The fraction of sp³-hybridized carbons (Fsp3) is 0.308. The Morgan fingerprint density at radius 3 is 1.17 bits per heavy atom. The van der Waals surface area contributed by atoms with Crippen LogP contribution in [0.2, 0.25) is 0 Å². The number of hydrogen-bond acceptors (Lipinski definition) is 10. The predicted molar refractivity (Wildman–Crippen MR) is 251 cm³/mol. The molecule has 4 aliphatic heterocycles. The van der Waals surface area contributed by atoms with Gasteiger partial charge in [-0.3, -0.25) is 29.0 Å². The van der Waals surface area contributed by atoms with Crippen molar-refractivity contribution in [3.63, 3.8) is 0 Å². The normalized spacial score (nSPS) is 20.2. The van der Waals surface area contributed by atoms with Gasteiger partial charge in [-0.25, -0.2) is 37.5 Å². The Labute approximate surface area is 401 Å². The molecule has 18 heteroatoms. The highest BCUT2D eigenvalue weighted by atomic mass is 19.1. The molecule has 4 aliphatic rings.